The first-order valence-corrected chi connectivity index (χ1v) is 12.2. The molecule has 166 valence electrons. The van der Waals surface area contributed by atoms with Gasteiger partial charge in [0.2, 0.25) is 0 Å². The molecule has 0 spiro atoms. The van der Waals surface area contributed by atoms with Crippen LogP contribution in [0.1, 0.15) is 112 Å². The van der Waals surface area contributed by atoms with Gasteiger partial charge in [-0.15, -0.1) is 0 Å². The lowest BCUT2D eigenvalue weighted by Gasteiger charge is -2.27. The van der Waals surface area contributed by atoms with Crippen LogP contribution in [0.2, 0.25) is 0 Å². The molecule has 0 aromatic rings. The van der Waals surface area contributed by atoms with E-state index in [-0.39, 0.29) is 18.1 Å². The van der Waals surface area contributed by atoms with Crippen LogP contribution in [0.4, 0.5) is 0 Å². The third-order valence-corrected chi connectivity index (χ3v) is 5.69. The molecule has 0 aromatic carbocycles. The van der Waals surface area contributed by atoms with Crippen molar-refractivity contribution in [1.29, 1.82) is 0 Å². The van der Waals surface area contributed by atoms with Gasteiger partial charge in [-0.2, -0.15) is 8.42 Å². The van der Waals surface area contributed by atoms with Gasteiger partial charge in [-0.1, -0.05) is 85.5 Å². The number of unbranched alkanes of at least 4 members (excludes halogenated alkanes) is 6. The first-order chi connectivity index (χ1) is 12.5. The maximum Gasteiger partial charge on any atom is 0.397 e. The van der Waals surface area contributed by atoms with Crippen LogP contribution < -0.4 is 5.73 Å². The molecule has 0 amide bonds. The topological polar surface area (TPSA) is 89.6 Å². The number of rotatable bonds is 15. The molecule has 0 aliphatic heterocycles. The van der Waals surface area contributed by atoms with Crippen molar-refractivity contribution in [3.63, 3.8) is 0 Å². The maximum absolute atomic E-state index is 10.3. The van der Waals surface area contributed by atoms with Gasteiger partial charge < -0.3 is 5.73 Å². The summed E-state index contributed by atoms with van der Waals surface area (Å²) in [4.78, 5) is 0. The van der Waals surface area contributed by atoms with Crippen LogP contribution in [0, 0.1) is 11.8 Å². The zero-order chi connectivity index (χ0) is 21.3. The lowest BCUT2D eigenvalue weighted by molar-refractivity contribution is 0.211. The molecule has 0 aliphatic carbocycles. The Balaban J connectivity index is 0. The Bertz CT molecular complexity index is 418. The van der Waals surface area contributed by atoms with E-state index in [4.69, 9.17) is 10.3 Å². The van der Waals surface area contributed by atoms with E-state index in [1.165, 1.54) is 44.9 Å². The molecule has 2 unspecified atom stereocenters. The van der Waals surface area contributed by atoms with Crippen LogP contribution in [0.25, 0.3) is 0 Å². The van der Waals surface area contributed by atoms with Crippen LogP contribution in [0.5, 0.6) is 0 Å². The van der Waals surface area contributed by atoms with Crippen molar-refractivity contribution in [2.45, 2.75) is 118 Å². The monoisotopic (exact) mass is 409 g/mol. The van der Waals surface area contributed by atoms with Gasteiger partial charge in [0, 0.05) is 5.54 Å². The SMILES string of the molecule is CCCCC(CC)COS(=O)(=O)O.CCCCCCCCC(C)C(C)(C)N. The van der Waals surface area contributed by atoms with Gasteiger partial charge in [0.1, 0.15) is 0 Å². The van der Waals surface area contributed by atoms with Crippen LogP contribution in [0.3, 0.4) is 0 Å². The Morgan fingerprint density at radius 1 is 0.926 bits per heavy atom. The van der Waals surface area contributed by atoms with Gasteiger partial charge in [0.15, 0.2) is 0 Å². The molecule has 0 fully saturated rings. The van der Waals surface area contributed by atoms with Crippen LogP contribution >= 0.6 is 0 Å². The van der Waals surface area contributed by atoms with E-state index in [9.17, 15) is 8.42 Å². The highest BCUT2D eigenvalue weighted by Crippen LogP contribution is 2.20. The molecule has 0 heterocycles. The van der Waals surface area contributed by atoms with Crippen LogP contribution in [-0.4, -0.2) is 25.1 Å². The molecule has 0 saturated heterocycles. The molecule has 0 radical (unpaired) electrons. The average molecular weight is 410 g/mol. The van der Waals surface area contributed by atoms with Gasteiger partial charge in [-0.05, 0) is 38.5 Å². The third kappa shape index (κ3) is 22.0. The lowest BCUT2D eigenvalue weighted by Crippen LogP contribution is -2.39. The van der Waals surface area contributed by atoms with Gasteiger partial charge in [-0.25, -0.2) is 4.18 Å². The fraction of sp³-hybridized carbons (Fsp3) is 1.00. The zero-order valence-corrected chi connectivity index (χ0v) is 19.6. The van der Waals surface area contributed by atoms with E-state index >= 15 is 0 Å². The summed E-state index contributed by atoms with van der Waals surface area (Å²) in [6.45, 7) is 13.0. The Hall–Kier alpha value is -0.170. The standard InChI is InChI=1S/C13H29N.C8H18O4S/c1-5-6-7-8-9-10-11-12(2)13(3,4)14;1-3-5-6-8(4-2)7-12-13(9,10)11/h12H,5-11,14H2,1-4H3;8H,3-7H2,1-2H3,(H,9,10,11). The average Bonchev–Trinajstić information content (AvgIpc) is 2.57. The first-order valence-electron chi connectivity index (χ1n) is 10.9. The second kappa shape index (κ2) is 16.8. The van der Waals surface area contributed by atoms with E-state index in [0.717, 1.165) is 25.7 Å². The summed E-state index contributed by atoms with van der Waals surface area (Å²) in [5, 5.41) is 0. The predicted molar refractivity (Wildman–Crippen MR) is 116 cm³/mol. The number of hydrogen-bond donors (Lipinski definition) is 2. The van der Waals surface area contributed by atoms with Crippen molar-refractivity contribution in [2.75, 3.05) is 6.61 Å². The van der Waals surface area contributed by atoms with E-state index < -0.39 is 10.4 Å². The molecule has 0 saturated carbocycles. The highest BCUT2D eigenvalue weighted by Gasteiger charge is 2.19. The summed E-state index contributed by atoms with van der Waals surface area (Å²) in [6, 6.07) is 0. The quantitative estimate of drug-likeness (QED) is 0.251. The van der Waals surface area contributed by atoms with Crippen LogP contribution in [0.15, 0.2) is 0 Å². The minimum Gasteiger partial charge on any atom is -0.325 e. The normalized spacial score (nSPS) is 14.4. The summed E-state index contributed by atoms with van der Waals surface area (Å²) in [5.74, 6) is 0.871. The molecule has 27 heavy (non-hydrogen) atoms. The Morgan fingerprint density at radius 2 is 1.44 bits per heavy atom. The Labute approximate surface area is 169 Å². The van der Waals surface area contributed by atoms with E-state index in [1.54, 1.807) is 0 Å². The zero-order valence-electron chi connectivity index (χ0n) is 18.8. The second-order valence-electron chi connectivity index (χ2n) is 8.41. The largest absolute Gasteiger partial charge is 0.397 e. The number of hydrogen-bond acceptors (Lipinski definition) is 4. The first kappa shape index (κ1) is 29.0. The molecular formula is C21H47NO4S. The molecule has 6 heteroatoms. The summed E-state index contributed by atoms with van der Waals surface area (Å²) in [5.41, 5.74) is 6.04. The molecule has 3 N–H and O–H groups in total. The molecule has 0 rings (SSSR count). The van der Waals surface area contributed by atoms with Gasteiger partial charge in [0.25, 0.3) is 0 Å². The van der Waals surface area contributed by atoms with E-state index in [1.807, 2.05) is 6.92 Å². The Morgan fingerprint density at radius 3 is 1.89 bits per heavy atom. The van der Waals surface area contributed by atoms with Crippen molar-refractivity contribution in [1.82, 2.24) is 0 Å². The van der Waals surface area contributed by atoms with E-state index in [2.05, 4.69) is 38.8 Å². The van der Waals surface area contributed by atoms with Gasteiger partial charge >= 0.3 is 10.4 Å². The fourth-order valence-corrected chi connectivity index (χ4v) is 3.05. The predicted octanol–water partition coefficient (Wildman–Crippen LogP) is 6.13. The minimum atomic E-state index is -4.25. The summed E-state index contributed by atoms with van der Waals surface area (Å²) in [6.07, 6.45) is 13.6. The van der Waals surface area contributed by atoms with Crippen molar-refractivity contribution in [3.8, 4) is 0 Å². The van der Waals surface area contributed by atoms with Crippen molar-refractivity contribution in [3.05, 3.63) is 0 Å². The molecular weight excluding hydrogens is 362 g/mol. The summed E-state index contributed by atoms with van der Waals surface area (Å²) < 4.78 is 33.2. The minimum absolute atomic E-state index is 0.00339. The van der Waals surface area contributed by atoms with Crippen LogP contribution in [-0.2, 0) is 14.6 Å². The lowest BCUT2D eigenvalue weighted by atomic mass is 9.86. The van der Waals surface area contributed by atoms with Crippen molar-refractivity contribution >= 4 is 10.4 Å². The van der Waals surface area contributed by atoms with Crippen molar-refractivity contribution < 1.29 is 17.2 Å². The maximum atomic E-state index is 10.3. The second-order valence-corrected chi connectivity index (χ2v) is 9.50. The van der Waals surface area contributed by atoms with Crippen molar-refractivity contribution in [2.24, 2.45) is 17.6 Å². The third-order valence-electron chi connectivity index (χ3n) is 5.26. The highest BCUT2D eigenvalue weighted by molar-refractivity contribution is 7.80. The van der Waals surface area contributed by atoms with Gasteiger partial charge in [0.05, 0.1) is 6.61 Å². The molecule has 0 aromatic heterocycles. The summed E-state index contributed by atoms with van der Waals surface area (Å²) in [7, 11) is -4.25. The summed E-state index contributed by atoms with van der Waals surface area (Å²) >= 11 is 0. The smallest absolute Gasteiger partial charge is 0.325 e. The Kier molecular flexibility index (Phi) is 18.0. The molecule has 2 atom stereocenters. The fourth-order valence-electron chi connectivity index (χ4n) is 2.68. The number of nitrogens with two attached hydrogens (primary N) is 1. The van der Waals surface area contributed by atoms with E-state index in [0.29, 0.717) is 5.92 Å². The molecule has 0 aliphatic rings. The molecule has 0 bridgehead atoms. The van der Waals surface area contributed by atoms with Gasteiger partial charge in [-0.3, -0.25) is 4.55 Å². The highest BCUT2D eigenvalue weighted by atomic mass is 32.3. The molecule has 5 nitrogen and oxygen atoms in total.